The van der Waals surface area contributed by atoms with Crippen LogP contribution in [0.3, 0.4) is 0 Å². The normalized spacial score (nSPS) is 20.0. The number of nitrogens with one attached hydrogen (secondary N) is 1. The van der Waals surface area contributed by atoms with Gasteiger partial charge in [0.15, 0.2) is 11.6 Å². The molecule has 1 fully saturated rings. The second-order valence-corrected chi connectivity index (χ2v) is 6.62. The molecule has 2 heterocycles. The third kappa shape index (κ3) is 2.88. The number of rotatable bonds is 2. The van der Waals surface area contributed by atoms with Crippen molar-refractivity contribution in [1.29, 1.82) is 0 Å². The Morgan fingerprint density at radius 3 is 2.46 bits per heavy atom. The number of hydroxylamine groups is 1. The van der Waals surface area contributed by atoms with E-state index in [9.17, 15) is 0 Å². The predicted molar refractivity (Wildman–Crippen MR) is 96.5 cm³/mol. The molecule has 0 atom stereocenters. The van der Waals surface area contributed by atoms with Crippen molar-refractivity contribution in [2.45, 2.75) is 18.6 Å². The van der Waals surface area contributed by atoms with Crippen LogP contribution in [0.1, 0.15) is 18.4 Å². The number of nitrogens with zero attached hydrogens (tertiary/aromatic N) is 2. The number of amidine groups is 1. The van der Waals surface area contributed by atoms with Crippen LogP contribution in [0.4, 0.5) is 5.69 Å². The van der Waals surface area contributed by atoms with Gasteiger partial charge in [0.2, 0.25) is 0 Å². The fourth-order valence-corrected chi connectivity index (χ4v) is 3.24. The largest absolute Gasteiger partial charge is 0.399 e. The third-order valence-electron chi connectivity index (χ3n) is 4.80. The Labute approximate surface area is 142 Å². The second-order valence-electron chi connectivity index (χ2n) is 6.62. The van der Waals surface area contributed by atoms with Crippen molar-refractivity contribution in [1.82, 2.24) is 10.4 Å². The monoisotopic (exact) mass is 322 g/mol. The minimum absolute atomic E-state index is 0.394. The molecule has 0 bridgehead atoms. The van der Waals surface area contributed by atoms with Gasteiger partial charge >= 0.3 is 0 Å². The van der Waals surface area contributed by atoms with E-state index in [1.165, 1.54) is 0 Å². The average molecular weight is 322 g/mol. The van der Waals surface area contributed by atoms with Gasteiger partial charge in [0.1, 0.15) is 0 Å². The molecule has 2 aromatic rings. The van der Waals surface area contributed by atoms with Crippen molar-refractivity contribution in [3.8, 4) is 11.1 Å². The topological polar surface area (TPSA) is 62.9 Å². The molecule has 0 amide bonds. The summed E-state index contributed by atoms with van der Waals surface area (Å²) < 4.78 is 0. The third-order valence-corrected chi connectivity index (χ3v) is 4.80. The van der Waals surface area contributed by atoms with Gasteiger partial charge in [-0.25, -0.2) is 15.3 Å². The summed E-state index contributed by atoms with van der Waals surface area (Å²) in [6.07, 6.45) is 1.84. The summed E-state index contributed by atoms with van der Waals surface area (Å²) in [5, 5.41) is 0. The number of piperidine rings is 1. The van der Waals surface area contributed by atoms with Crippen LogP contribution in [0.15, 0.2) is 53.5 Å². The molecule has 2 aliphatic rings. The molecule has 4 rings (SSSR count). The van der Waals surface area contributed by atoms with Crippen LogP contribution >= 0.6 is 0 Å². The van der Waals surface area contributed by atoms with Crippen molar-refractivity contribution in [2.75, 3.05) is 25.9 Å². The zero-order valence-electron chi connectivity index (χ0n) is 13.8. The number of nitrogens with two attached hydrogens (primary N) is 1. The van der Waals surface area contributed by atoms with E-state index in [0.29, 0.717) is 0 Å². The molecule has 1 saturated heterocycles. The number of aliphatic imine (C=N–C) groups is 1. The molecule has 0 unspecified atom stereocenters. The van der Waals surface area contributed by atoms with Crippen molar-refractivity contribution >= 4 is 11.5 Å². The molecule has 0 saturated carbocycles. The number of likely N-dealkylation sites (tertiary alicyclic amines) is 1. The molecule has 5 nitrogen and oxygen atoms in total. The first-order valence-electron chi connectivity index (χ1n) is 8.32. The summed E-state index contributed by atoms with van der Waals surface area (Å²) in [4.78, 5) is 13.0. The Kier molecular flexibility index (Phi) is 3.75. The molecular weight excluding hydrogens is 300 g/mol. The molecule has 124 valence electrons. The van der Waals surface area contributed by atoms with Gasteiger partial charge in [-0.05, 0) is 30.3 Å². The molecule has 5 heteroatoms. The average Bonchev–Trinajstić information content (AvgIpc) is 3.02. The van der Waals surface area contributed by atoms with Gasteiger partial charge < -0.3 is 10.6 Å². The summed E-state index contributed by atoms with van der Waals surface area (Å²) in [6.45, 7) is 2.01. The van der Waals surface area contributed by atoms with Crippen LogP contribution in [0.5, 0.6) is 0 Å². The van der Waals surface area contributed by atoms with E-state index in [4.69, 9.17) is 15.6 Å². The minimum atomic E-state index is -0.394. The molecule has 0 aliphatic carbocycles. The van der Waals surface area contributed by atoms with Gasteiger partial charge in [0, 0.05) is 37.2 Å². The van der Waals surface area contributed by atoms with Crippen molar-refractivity contribution in [2.24, 2.45) is 4.99 Å². The highest BCUT2D eigenvalue weighted by molar-refractivity contribution is 5.99. The maximum absolute atomic E-state index is 5.87. The lowest BCUT2D eigenvalue weighted by molar-refractivity contribution is -0.0863. The van der Waals surface area contributed by atoms with E-state index < -0.39 is 5.72 Å². The van der Waals surface area contributed by atoms with Gasteiger partial charge in [0.05, 0.1) is 0 Å². The molecule has 2 aromatic carbocycles. The molecule has 2 aliphatic heterocycles. The molecular formula is C19H22N4O. The lowest BCUT2D eigenvalue weighted by atomic mass is 10.0. The fraction of sp³-hybridized carbons (Fsp3) is 0.316. The number of hydrogen-bond acceptors (Lipinski definition) is 5. The molecule has 0 radical (unpaired) electrons. The smallest absolute Gasteiger partial charge is 0.190 e. The highest BCUT2D eigenvalue weighted by Crippen LogP contribution is 2.31. The lowest BCUT2D eigenvalue weighted by Crippen LogP contribution is -2.42. The number of anilines is 1. The van der Waals surface area contributed by atoms with Crippen LogP contribution in [0.25, 0.3) is 11.1 Å². The maximum Gasteiger partial charge on any atom is 0.190 e. The highest BCUT2D eigenvalue weighted by atomic mass is 16.7. The van der Waals surface area contributed by atoms with Crippen LogP contribution in [-0.4, -0.2) is 36.6 Å². The Bertz CT molecular complexity index is 761. The second kappa shape index (κ2) is 5.92. The summed E-state index contributed by atoms with van der Waals surface area (Å²) in [5.41, 5.74) is 12.6. The SMILES string of the molecule is CN1CCC2(CC1)N=C(c1ccc(-c3cccc(N)c3)cc1)NO2. The standard InChI is InChI=1S/C19H22N4O/c1-23-11-9-19(10-12-23)21-18(22-24-19)15-7-5-14(6-8-15)16-3-2-4-17(20)13-16/h2-8,13H,9-12,20H2,1H3,(H,21,22). The van der Waals surface area contributed by atoms with Crippen molar-refractivity contribution in [3.63, 3.8) is 0 Å². The van der Waals surface area contributed by atoms with Crippen LogP contribution < -0.4 is 11.2 Å². The van der Waals surface area contributed by atoms with Crippen molar-refractivity contribution < 1.29 is 4.84 Å². The van der Waals surface area contributed by atoms with E-state index >= 15 is 0 Å². The molecule has 24 heavy (non-hydrogen) atoms. The van der Waals surface area contributed by atoms with E-state index in [-0.39, 0.29) is 0 Å². The minimum Gasteiger partial charge on any atom is -0.399 e. The maximum atomic E-state index is 5.87. The molecule has 0 aromatic heterocycles. The number of nitrogen functional groups attached to an aromatic ring is 1. The van der Waals surface area contributed by atoms with Gasteiger partial charge in [-0.15, -0.1) is 0 Å². The summed E-state index contributed by atoms with van der Waals surface area (Å²) in [7, 11) is 2.13. The van der Waals surface area contributed by atoms with Gasteiger partial charge in [-0.2, -0.15) is 0 Å². The van der Waals surface area contributed by atoms with Crippen LogP contribution in [0, 0.1) is 0 Å². The van der Waals surface area contributed by atoms with Crippen LogP contribution in [0.2, 0.25) is 0 Å². The molecule has 1 spiro atoms. The van der Waals surface area contributed by atoms with Crippen LogP contribution in [-0.2, 0) is 4.84 Å². The fourth-order valence-electron chi connectivity index (χ4n) is 3.24. The highest BCUT2D eigenvalue weighted by Gasteiger charge is 2.39. The van der Waals surface area contributed by atoms with E-state index in [1.54, 1.807) is 0 Å². The first kappa shape index (κ1) is 15.2. The zero-order valence-corrected chi connectivity index (χ0v) is 13.8. The van der Waals surface area contributed by atoms with E-state index in [0.717, 1.165) is 54.1 Å². The van der Waals surface area contributed by atoms with E-state index in [1.807, 2.05) is 18.2 Å². The lowest BCUT2D eigenvalue weighted by Gasteiger charge is -2.33. The van der Waals surface area contributed by atoms with Gasteiger partial charge in [0.25, 0.3) is 0 Å². The Balaban J connectivity index is 1.55. The van der Waals surface area contributed by atoms with Gasteiger partial charge in [-0.3, -0.25) is 0 Å². The number of benzene rings is 2. The van der Waals surface area contributed by atoms with Crippen molar-refractivity contribution in [3.05, 3.63) is 54.1 Å². The Morgan fingerprint density at radius 1 is 1.04 bits per heavy atom. The summed E-state index contributed by atoms with van der Waals surface area (Å²) in [5.74, 6) is 0.818. The summed E-state index contributed by atoms with van der Waals surface area (Å²) >= 11 is 0. The zero-order chi connectivity index (χ0) is 16.6. The molecule has 3 N–H and O–H groups in total. The predicted octanol–water partition coefficient (Wildman–Crippen LogP) is 2.64. The summed E-state index contributed by atoms with van der Waals surface area (Å²) in [6, 6.07) is 16.2. The number of hydrogen-bond donors (Lipinski definition) is 2. The quantitative estimate of drug-likeness (QED) is 0.835. The first-order chi connectivity index (χ1) is 11.6. The Morgan fingerprint density at radius 2 is 1.75 bits per heavy atom. The van der Waals surface area contributed by atoms with E-state index in [2.05, 4.69) is 47.8 Å². The first-order valence-corrected chi connectivity index (χ1v) is 8.32. The Hall–Kier alpha value is -2.37. The van der Waals surface area contributed by atoms with Gasteiger partial charge in [-0.1, -0.05) is 36.4 Å².